The highest BCUT2D eigenvalue weighted by molar-refractivity contribution is 5.94. The first-order chi connectivity index (χ1) is 7.99. The highest BCUT2D eigenvalue weighted by atomic mass is 16.4. The Kier molecular flexibility index (Phi) is 2.43. The van der Waals surface area contributed by atoms with Gasteiger partial charge in [-0.2, -0.15) is 0 Å². The molecule has 0 amide bonds. The number of carboxylic acids is 2. The number of nitrogens with two attached hydrogens (primary N) is 1. The van der Waals surface area contributed by atoms with Gasteiger partial charge in [-0.05, 0) is 12.1 Å². The number of hydrogen-bond acceptors (Lipinski definition) is 4. The van der Waals surface area contributed by atoms with Gasteiger partial charge in [0.05, 0.1) is 5.52 Å². The first-order valence-corrected chi connectivity index (χ1v) is 4.70. The lowest BCUT2D eigenvalue weighted by molar-refractivity contribution is -0.136. The predicted octanol–water partition coefficient (Wildman–Crippen LogP) is 0.242. The molecular formula is C10H9N3O4. The van der Waals surface area contributed by atoms with Crippen LogP contribution in [0.4, 0.5) is 5.69 Å². The van der Waals surface area contributed by atoms with Crippen LogP contribution in [-0.2, 0) is 11.2 Å². The number of aromatic carboxylic acids is 1. The Balaban J connectivity index is 2.70. The molecule has 88 valence electrons. The van der Waals surface area contributed by atoms with Gasteiger partial charge in [-0.1, -0.05) is 0 Å². The Morgan fingerprint density at radius 2 is 2.06 bits per heavy atom. The van der Waals surface area contributed by atoms with Crippen molar-refractivity contribution in [2.45, 2.75) is 6.42 Å². The molecule has 7 heteroatoms. The smallest absolute Gasteiger partial charge is 0.356 e. The van der Waals surface area contributed by atoms with E-state index in [9.17, 15) is 9.59 Å². The molecule has 7 nitrogen and oxygen atoms in total. The summed E-state index contributed by atoms with van der Waals surface area (Å²) in [6.45, 7) is 0. The molecule has 0 unspecified atom stereocenters. The SMILES string of the molecule is Nc1ccc2c(C(=O)O)nc(CC(=O)O)n2c1. The van der Waals surface area contributed by atoms with Crippen molar-refractivity contribution in [3.63, 3.8) is 0 Å². The van der Waals surface area contributed by atoms with E-state index in [1.807, 2.05) is 0 Å². The molecule has 2 rings (SSSR count). The molecule has 2 aromatic heterocycles. The minimum atomic E-state index is -1.20. The van der Waals surface area contributed by atoms with Gasteiger partial charge >= 0.3 is 11.9 Å². The van der Waals surface area contributed by atoms with Gasteiger partial charge in [-0.15, -0.1) is 0 Å². The number of fused-ring (bicyclic) bond motifs is 1. The standard InChI is InChI=1S/C10H9N3O4/c11-5-1-2-6-9(10(16)17)12-7(3-8(14)15)13(6)4-5/h1-2,4H,3,11H2,(H,14,15)(H,16,17). The summed E-state index contributed by atoms with van der Waals surface area (Å²) in [6.07, 6.45) is 1.09. The zero-order valence-electron chi connectivity index (χ0n) is 8.62. The van der Waals surface area contributed by atoms with Crippen LogP contribution in [0.15, 0.2) is 18.3 Å². The van der Waals surface area contributed by atoms with Gasteiger partial charge in [0.1, 0.15) is 12.2 Å². The molecule has 2 heterocycles. The number of carbonyl (C=O) groups is 2. The molecule has 0 saturated carbocycles. The first kappa shape index (κ1) is 10.9. The lowest BCUT2D eigenvalue weighted by Gasteiger charge is -1.99. The molecule has 0 aromatic carbocycles. The van der Waals surface area contributed by atoms with Crippen LogP contribution >= 0.6 is 0 Å². The number of aliphatic carboxylic acids is 1. The van der Waals surface area contributed by atoms with Crippen LogP contribution < -0.4 is 5.73 Å². The van der Waals surface area contributed by atoms with Gasteiger partial charge in [0.25, 0.3) is 0 Å². The van der Waals surface area contributed by atoms with Crippen LogP contribution in [0.1, 0.15) is 16.3 Å². The van der Waals surface area contributed by atoms with E-state index in [0.717, 1.165) is 0 Å². The van der Waals surface area contributed by atoms with Crippen LogP contribution in [0.5, 0.6) is 0 Å². The third-order valence-electron chi connectivity index (χ3n) is 2.24. The number of pyridine rings is 1. The van der Waals surface area contributed by atoms with Gasteiger partial charge in [0, 0.05) is 11.9 Å². The molecule has 0 radical (unpaired) electrons. The third-order valence-corrected chi connectivity index (χ3v) is 2.24. The number of rotatable bonds is 3. The second-order valence-electron chi connectivity index (χ2n) is 3.47. The summed E-state index contributed by atoms with van der Waals surface area (Å²) < 4.78 is 1.38. The maximum absolute atomic E-state index is 10.9. The van der Waals surface area contributed by atoms with Crippen molar-refractivity contribution in [2.24, 2.45) is 0 Å². The normalized spacial score (nSPS) is 10.6. The summed E-state index contributed by atoms with van der Waals surface area (Å²) >= 11 is 0. The first-order valence-electron chi connectivity index (χ1n) is 4.70. The number of nitrogens with zero attached hydrogens (tertiary/aromatic N) is 2. The maximum atomic E-state index is 10.9. The quantitative estimate of drug-likeness (QED) is 0.701. The highest BCUT2D eigenvalue weighted by Gasteiger charge is 2.18. The van der Waals surface area contributed by atoms with E-state index >= 15 is 0 Å². The van der Waals surface area contributed by atoms with Crippen molar-refractivity contribution in [1.29, 1.82) is 0 Å². The summed E-state index contributed by atoms with van der Waals surface area (Å²) in [5, 5.41) is 17.7. The Morgan fingerprint density at radius 3 is 2.65 bits per heavy atom. The van der Waals surface area contributed by atoms with E-state index < -0.39 is 11.9 Å². The molecule has 17 heavy (non-hydrogen) atoms. The molecule has 4 N–H and O–H groups in total. The largest absolute Gasteiger partial charge is 0.481 e. The molecular weight excluding hydrogens is 226 g/mol. The van der Waals surface area contributed by atoms with Crippen molar-refractivity contribution in [2.75, 3.05) is 5.73 Å². The summed E-state index contributed by atoms with van der Waals surface area (Å²) in [4.78, 5) is 25.4. The van der Waals surface area contributed by atoms with Crippen molar-refractivity contribution < 1.29 is 19.8 Å². The lowest BCUT2D eigenvalue weighted by atomic mass is 10.3. The van der Waals surface area contributed by atoms with E-state index in [1.165, 1.54) is 22.7 Å². The third kappa shape index (κ3) is 1.89. The average Bonchev–Trinajstić information content (AvgIpc) is 2.56. The zero-order valence-corrected chi connectivity index (χ0v) is 8.62. The minimum absolute atomic E-state index is 0.136. The molecule has 0 aliphatic heterocycles. The Labute approximate surface area is 95.1 Å². The van der Waals surface area contributed by atoms with Crippen molar-refractivity contribution in [3.8, 4) is 0 Å². The van der Waals surface area contributed by atoms with Crippen LogP contribution in [0.25, 0.3) is 5.52 Å². The average molecular weight is 235 g/mol. The number of carboxylic acid groups (broad SMARTS) is 2. The molecule has 0 aliphatic rings. The molecule has 0 bridgehead atoms. The van der Waals surface area contributed by atoms with Crippen molar-refractivity contribution >= 4 is 23.1 Å². The van der Waals surface area contributed by atoms with E-state index in [4.69, 9.17) is 15.9 Å². The van der Waals surface area contributed by atoms with E-state index in [2.05, 4.69) is 4.98 Å². The molecule has 0 aliphatic carbocycles. The fraction of sp³-hybridized carbons (Fsp3) is 0.100. The minimum Gasteiger partial charge on any atom is -0.481 e. The fourth-order valence-electron chi connectivity index (χ4n) is 1.58. The number of imidazole rings is 1. The Morgan fingerprint density at radius 1 is 1.35 bits per heavy atom. The number of nitrogen functional groups attached to an aromatic ring is 1. The topological polar surface area (TPSA) is 118 Å². The van der Waals surface area contributed by atoms with Crippen LogP contribution in [0.2, 0.25) is 0 Å². The maximum Gasteiger partial charge on any atom is 0.356 e. The van der Waals surface area contributed by atoms with Gasteiger partial charge < -0.3 is 20.3 Å². The van der Waals surface area contributed by atoms with Crippen LogP contribution in [0, 0.1) is 0 Å². The second-order valence-corrected chi connectivity index (χ2v) is 3.47. The summed E-state index contributed by atoms with van der Waals surface area (Å²) in [7, 11) is 0. The predicted molar refractivity (Wildman–Crippen MR) is 57.9 cm³/mol. The summed E-state index contributed by atoms with van der Waals surface area (Å²) in [5.41, 5.74) is 6.11. The van der Waals surface area contributed by atoms with E-state index in [-0.39, 0.29) is 17.9 Å². The van der Waals surface area contributed by atoms with Gasteiger partial charge in [0.15, 0.2) is 5.69 Å². The summed E-state index contributed by atoms with van der Waals surface area (Å²) in [6, 6.07) is 3.03. The van der Waals surface area contributed by atoms with E-state index in [1.54, 1.807) is 0 Å². The fourth-order valence-corrected chi connectivity index (χ4v) is 1.58. The number of hydrogen-bond donors (Lipinski definition) is 3. The zero-order chi connectivity index (χ0) is 12.6. The molecule has 0 saturated heterocycles. The number of aromatic nitrogens is 2. The van der Waals surface area contributed by atoms with Gasteiger partial charge in [-0.3, -0.25) is 4.79 Å². The summed E-state index contributed by atoms with van der Waals surface area (Å²) in [5.74, 6) is -2.16. The second kappa shape index (κ2) is 3.78. The van der Waals surface area contributed by atoms with Crippen molar-refractivity contribution in [3.05, 3.63) is 29.8 Å². The Hall–Kier alpha value is -2.57. The van der Waals surface area contributed by atoms with Crippen LogP contribution in [0.3, 0.4) is 0 Å². The molecule has 0 fully saturated rings. The van der Waals surface area contributed by atoms with Crippen LogP contribution in [-0.4, -0.2) is 31.5 Å². The van der Waals surface area contributed by atoms with Gasteiger partial charge in [0.2, 0.25) is 0 Å². The van der Waals surface area contributed by atoms with E-state index in [0.29, 0.717) is 11.2 Å². The van der Waals surface area contributed by atoms with Crippen molar-refractivity contribution in [1.82, 2.24) is 9.38 Å². The molecule has 2 aromatic rings. The lowest BCUT2D eigenvalue weighted by Crippen LogP contribution is -2.05. The molecule has 0 atom stereocenters. The number of anilines is 1. The Bertz CT molecular complexity index is 617. The highest BCUT2D eigenvalue weighted by Crippen LogP contribution is 2.16. The monoisotopic (exact) mass is 235 g/mol. The van der Waals surface area contributed by atoms with Gasteiger partial charge in [-0.25, -0.2) is 9.78 Å². The molecule has 0 spiro atoms.